The number of carbonyl (C=O) groups excluding carboxylic acids is 1. The second-order valence-corrected chi connectivity index (χ2v) is 4.57. The zero-order chi connectivity index (χ0) is 15.1. The maximum Gasteiger partial charge on any atom is 0.305 e. The van der Waals surface area contributed by atoms with Crippen LogP contribution >= 0.6 is 0 Å². The van der Waals surface area contributed by atoms with E-state index < -0.39 is 12.0 Å². The van der Waals surface area contributed by atoms with E-state index in [2.05, 4.69) is 11.9 Å². The highest BCUT2D eigenvalue weighted by Gasteiger charge is 2.21. The van der Waals surface area contributed by atoms with Gasteiger partial charge < -0.3 is 15.2 Å². The molecule has 1 aromatic rings. The SMILES string of the molecule is C=C(C)COc1ccc(C(=O)C(CC(=O)O)NC)cc1. The molecule has 0 radical (unpaired) electrons. The first kappa shape index (κ1) is 15.9. The van der Waals surface area contributed by atoms with Crippen LogP contribution in [-0.4, -0.2) is 36.6 Å². The van der Waals surface area contributed by atoms with Crippen LogP contribution in [0, 0.1) is 0 Å². The fourth-order valence-electron chi connectivity index (χ4n) is 1.62. The average Bonchev–Trinajstić information content (AvgIpc) is 2.42. The van der Waals surface area contributed by atoms with Gasteiger partial charge in [0.25, 0.3) is 0 Å². The fourth-order valence-corrected chi connectivity index (χ4v) is 1.62. The van der Waals surface area contributed by atoms with E-state index in [1.807, 2.05) is 6.92 Å². The van der Waals surface area contributed by atoms with Crippen molar-refractivity contribution in [3.63, 3.8) is 0 Å². The maximum atomic E-state index is 12.1. The van der Waals surface area contributed by atoms with Gasteiger partial charge in [-0.25, -0.2) is 0 Å². The van der Waals surface area contributed by atoms with E-state index in [-0.39, 0.29) is 12.2 Å². The van der Waals surface area contributed by atoms with Crippen molar-refractivity contribution in [1.82, 2.24) is 5.32 Å². The first-order valence-electron chi connectivity index (χ1n) is 6.24. The van der Waals surface area contributed by atoms with E-state index in [0.717, 1.165) is 5.57 Å². The molecular weight excluding hydrogens is 258 g/mol. The van der Waals surface area contributed by atoms with Crippen molar-refractivity contribution in [2.24, 2.45) is 0 Å². The Morgan fingerprint density at radius 3 is 2.40 bits per heavy atom. The quantitative estimate of drug-likeness (QED) is 0.560. The second kappa shape index (κ2) is 7.45. The van der Waals surface area contributed by atoms with E-state index in [0.29, 0.717) is 17.9 Å². The lowest BCUT2D eigenvalue weighted by Crippen LogP contribution is -2.36. The summed E-state index contributed by atoms with van der Waals surface area (Å²) in [6.07, 6.45) is -0.247. The summed E-state index contributed by atoms with van der Waals surface area (Å²) in [5.74, 6) is -0.621. The Kier molecular flexibility index (Phi) is 5.93. The number of rotatable bonds is 8. The number of hydrogen-bond acceptors (Lipinski definition) is 4. The van der Waals surface area contributed by atoms with Crippen molar-refractivity contribution < 1.29 is 19.4 Å². The normalized spacial score (nSPS) is 11.7. The zero-order valence-electron chi connectivity index (χ0n) is 11.7. The number of ether oxygens (including phenoxy) is 1. The highest BCUT2D eigenvalue weighted by atomic mass is 16.5. The van der Waals surface area contributed by atoms with Gasteiger partial charge >= 0.3 is 5.97 Å². The van der Waals surface area contributed by atoms with Crippen LogP contribution in [0.15, 0.2) is 36.4 Å². The molecule has 1 rings (SSSR count). The van der Waals surface area contributed by atoms with Crippen molar-refractivity contribution in [1.29, 1.82) is 0 Å². The molecule has 1 unspecified atom stereocenters. The molecule has 2 N–H and O–H groups in total. The van der Waals surface area contributed by atoms with Crippen LogP contribution < -0.4 is 10.1 Å². The molecule has 5 heteroatoms. The minimum Gasteiger partial charge on any atom is -0.489 e. The number of benzene rings is 1. The van der Waals surface area contributed by atoms with Crippen molar-refractivity contribution in [2.45, 2.75) is 19.4 Å². The van der Waals surface area contributed by atoms with Crippen LogP contribution in [-0.2, 0) is 4.79 Å². The van der Waals surface area contributed by atoms with Gasteiger partial charge in [-0.2, -0.15) is 0 Å². The lowest BCUT2D eigenvalue weighted by molar-refractivity contribution is -0.137. The molecule has 0 aliphatic heterocycles. The van der Waals surface area contributed by atoms with Gasteiger partial charge in [-0.15, -0.1) is 0 Å². The van der Waals surface area contributed by atoms with E-state index in [1.165, 1.54) is 0 Å². The molecule has 5 nitrogen and oxygen atoms in total. The van der Waals surface area contributed by atoms with Crippen molar-refractivity contribution in [3.05, 3.63) is 42.0 Å². The third kappa shape index (κ3) is 4.85. The van der Waals surface area contributed by atoms with Gasteiger partial charge in [0.2, 0.25) is 0 Å². The van der Waals surface area contributed by atoms with Gasteiger partial charge in [0.15, 0.2) is 5.78 Å². The van der Waals surface area contributed by atoms with Crippen LogP contribution in [0.3, 0.4) is 0 Å². The smallest absolute Gasteiger partial charge is 0.305 e. The molecule has 0 fully saturated rings. The largest absolute Gasteiger partial charge is 0.489 e. The van der Waals surface area contributed by atoms with Crippen LogP contribution in [0.25, 0.3) is 0 Å². The van der Waals surface area contributed by atoms with Gasteiger partial charge in [-0.05, 0) is 43.8 Å². The highest BCUT2D eigenvalue weighted by molar-refractivity contribution is 6.01. The van der Waals surface area contributed by atoms with Crippen LogP contribution in [0.2, 0.25) is 0 Å². The van der Waals surface area contributed by atoms with E-state index in [1.54, 1.807) is 31.3 Å². The summed E-state index contributed by atoms with van der Waals surface area (Å²) in [5.41, 5.74) is 1.36. The number of aliphatic carboxylic acids is 1. The number of nitrogens with one attached hydrogen (secondary N) is 1. The molecule has 0 aliphatic rings. The Labute approximate surface area is 118 Å². The summed E-state index contributed by atoms with van der Waals surface area (Å²) in [7, 11) is 1.57. The molecule has 0 aromatic heterocycles. The fraction of sp³-hybridized carbons (Fsp3) is 0.333. The molecule has 0 aliphatic carbocycles. The third-order valence-electron chi connectivity index (χ3n) is 2.67. The van der Waals surface area contributed by atoms with E-state index in [9.17, 15) is 9.59 Å². The van der Waals surface area contributed by atoms with Crippen molar-refractivity contribution in [3.8, 4) is 5.75 Å². The predicted molar refractivity (Wildman–Crippen MR) is 76.2 cm³/mol. The van der Waals surface area contributed by atoms with Crippen molar-refractivity contribution >= 4 is 11.8 Å². The van der Waals surface area contributed by atoms with Crippen LogP contribution in [0.4, 0.5) is 0 Å². The Bertz CT molecular complexity index is 493. The molecular formula is C15H19NO4. The van der Waals surface area contributed by atoms with Crippen LogP contribution in [0.5, 0.6) is 5.75 Å². The molecule has 0 saturated carbocycles. The van der Waals surface area contributed by atoms with E-state index >= 15 is 0 Å². The summed E-state index contributed by atoms with van der Waals surface area (Å²) < 4.78 is 5.43. The van der Waals surface area contributed by atoms with E-state index in [4.69, 9.17) is 9.84 Å². The number of Topliss-reactive ketones (excluding diaryl/α,β-unsaturated/α-hetero) is 1. The second-order valence-electron chi connectivity index (χ2n) is 4.57. The molecule has 20 heavy (non-hydrogen) atoms. The number of hydrogen-bond donors (Lipinski definition) is 2. The number of carboxylic acids is 1. The number of ketones is 1. The van der Waals surface area contributed by atoms with Gasteiger partial charge in [0.05, 0.1) is 12.5 Å². The molecule has 108 valence electrons. The summed E-state index contributed by atoms with van der Waals surface area (Å²) in [6.45, 7) is 6.02. The lowest BCUT2D eigenvalue weighted by Gasteiger charge is -2.13. The molecule has 0 amide bonds. The topological polar surface area (TPSA) is 75.6 Å². The lowest BCUT2D eigenvalue weighted by atomic mass is 10.0. The Morgan fingerprint density at radius 2 is 1.95 bits per heavy atom. The van der Waals surface area contributed by atoms with Crippen LogP contribution in [0.1, 0.15) is 23.7 Å². The molecule has 1 atom stereocenters. The number of likely N-dealkylation sites (N-methyl/N-ethyl adjacent to an activating group) is 1. The average molecular weight is 277 g/mol. The molecule has 0 heterocycles. The highest BCUT2D eigenvalue weighted by Crippen LogP contribution is 2.15. The van der Waals surface area contributed by atoms with Crippen molar-refractivity contribution in [2.75, 3.05) is 13.7 Å². The Morgan fingerprint density at radius 1 is 1.35 bits per heavy atom. The van der Waals surface area contributed by atoms with Gasteiger partial charge in [-0.1, -0.05) is 6.58 Å². The first-order valence-corrected chi connectivity index (χ1v) is 6.24. The molecule has 0 saturated heterocycles. The minimum atomic E-state index is -1.01. The molecule has 0 bridgehead atoms. The first-order chi connectivity index (χ1) is 9.43. The minimum absolute atomic E-state index is 0.247. The van der Waals surface area contributed by atoms with Gasteiger partial charge in [-0.3, -0.25) is 9.59 Å². The van der Waals surface area contributed by atoms with Gasteiger partial charge in [0.1, 0.15) is 12.4 Å². The standard InChI is InChI=1S/C15H19NO4/c1-10(2)9-20-12-6-4-11(5-7-12)15(19)13(16-3)8-14(17)18/h4-7,13,16H,1,8-9H2,2-3H3,(H,17,18). The predicted octanol–water partition coefficient (Wildman–Crippen LogP) is 1.89. The monoisotopic (exact) mass is 277 g/mol. The number of carbonyl (C=O) groups is 2. The summed E-state index contributed by atoms with van der Waals surface area (Å²) >= 11 is 0. The maximum absolute atomic E-state index is 12.1. The third-order valence-corrected chi connectivity index (χ3v) is 2.67. The summed E-state index contributed by atoms with van der Waals surface area (Å²) in [4.78, 5) is 22.8. The Balaban J connectivity index is 2.73. The Hall–Kier alpha value is -2.14. The summed E-state index contributed by atoms with van der Waals surface area (Å²) in [6, 6.07) is 5.90. The summed E-state index contributed by atoms with van der Waals surface area (Å²) in [5, 5.41) is 11.5. The zero-order valence-corrected chi connectivity index (χ0v) is 11.7. The number of carboxylic acid groups (broad SMARTS) is 1. The molecule has 1 aromatic carbocycles. The molecule has 0 spiro atoms. The van der Waals surface area contributed by atoms with Gasteiger partial charge in [0, 0.05) is 5.56 Å².